The van der Waals surface area contributed by atoms with Crippen LogP contribution in [0.4, 0.5) is 0 Å². The Kier molecular flexibility index (Phi) is 1.41. The lowest BCUT2D eigenvalue weighted by Crippen LogP contribution is -2.00. The van der Waals surface area contributed by atoms with Crippen LogP contribution in [0.3, 0.4) is 0 Å². The molecule has 1 aliphatic rings. The lowest BCUT2D eigenvalue weighted by molar-refractivity contribution is 0.292. The maximum absolute atomic E-state index is 4.68. The highest BCUT2D eigenvalue weighted by Crippen LogP contribution is 2.15. The van der Waals surface area contributed by atoms with Gasteiger partial charge < -0.3 is 4.98 Å². The number of nitrogens with zero attached hydrogens (tertiary/aromatic N) is 2. The molecule has 0 aliphatic carbocycles. The molecule has 4 nitrogen and oxygen atoms in total. The average molecular weight is 185 g/mol. The largest absolute Gasteiger partial charge is 0.437 e. The predicted octanol–water partition coefficient (Wildman–Crippen LogP) is 1.22. The van der Waals surface area contributed by atoms with Crippen LogP contribution >= 0.6 is 0 Å². The third-order valence-electron chi connectivity index (χ3n) is 2.13. The molecule has 67 valence electrons. The summed E-state index contributed by atoms with van der Waals surface area (Å²) in [6.07, 6.45) is 1.32. The molecule has 1 aromatic heterocycles. The average Bonchev–Trinajstić information content (AvgIpc) is 2.86. The molecule has 0 spiro atoms. The van der Waals surface area contributed by atoms with Crippen molar-refractivity contribution in [2.24, 2.45) is 4.99 Å². The molecule has 0 bridgehead atoms. The molecule has 0 fully saturated rings. The first-order valence-corrected chi connectivity index (χ1v) is 4.28. The summed E-state index contributed by atoms with van der Waals surface area (Å²) in [6, 6.07) is 10.0. The number of oxime groups is 1. The normalized spacial score (nSPS) is 14.4. The number of amidine groups is 1. The summed E-state index contributed by atoms with van der Waals surface area (Å²) in [4.78, 5) is 11.9. The first-order valence-electron chi connectivity index (χ1n) is 4.28. The van der Waals surface area contributed by atoms with E-state index in [0.29, 0.717) is 5.84 Å². The molecule has 1 aromatic carbocycles. The maximum atomic E-state index is 4.68. The third kappa shape index (κ3) is 1.01. The van der Waals surface area contributed by atoms with E-state index in [0.717, 1.165) is 16.6 Å². The summed E-state index contributed by atoms with van der Waals surface area (Å²) in [6.45, 7) is 0. The van der Waals surface area contributed by atoms with Crippen LogP contribution in [-0.2, 0) is 4.84 Å². The Morgan fingerprint density at radius 3 is 3.00 bits per heavy atom. The number of para-hydroxylation sites is 1. The van der Waals surface area contributed by atoms with Gasteiger partial charge in [-0.25, -0.2) is 4.84 Å². The summed E-state index contributed by atoms with van der Waals surface area (Å²) >= 11 is 0. The molecule has 4 heteroatoms. The van der Waals surface area contributed by atoms with Crippen molar-refractivity contribution in [2.75, 3.05) is 0 Å². The highest BCUT2D eigenvalue weighted by Gasteiger charge is 2.21. The smallest absolute Gasteiger partial charge is 0.348 e. The first kappa shape index (κ1) is 7.32. The number of benzene rings is 1. The minimum atomic E-state index is 0.584. The van der Waals surface area contributed by atoms with Crippen LogP contribution in [0.25, 0.3) is 10.9 Å². The van der Waals surface area contributed by atoms with E-state index in [1.807, 2.05) is 30.3 Å². The number of hydrogen-bond acceptors (Lipinski definition) is 3. The van der Waals surface area contributed by atoms with Crippen LogP contribution in [0, 0.1) is 0 Å². The Bertz CT molecular complexity index is 506. The molecule has 1 aliphatic heterocycles. The zero-order chi connectivity index (χ0) is 9.38. The van der Waals surface area contributed by atoms with Crippen molar-refractivity contribution in [1.82, 2.24) is 10.1 Å². The Morgan fingerprint density at radius 1 is 1.29 bits per heavy atom. The van der Waals surface area contributed by atoms with E-state index >= 15 is 0 Å². The highest BCUT2D eigenvalue weighted by atomic mass is 16.6. The zero-order valence-corrected chi connectivity index (χ0v) is 7.27. The fourth-order valence-electron chi connectivity index (χ4n) is 1.48. The fraction of sp³-hybridized carbons (Fsp3) is 0. The molecule has 1 radical (unpaired) electrons. The molecule has 0 saturated heterocycles. The van der Waals surface area contributed by atoms with Crippen LogP contribution in [0.5, 0.6) is 0 Å². The SMILES string of the molecule is C1=NC(c2cc3ccccc3[nH]2)=[N+]O1. The Hall–Kier alpha value is -2.10. The van der Waals surface area contributed by atoms with Crippen LogP contribution in [0.1, 0.15) is 5.69 Å². The quantitative estimate of drug-likeness (QED) is 0.713. The molecule has 0 atom stereocenters. The number of fused-ring (bicyclic) bond motifs is 1. The topological polar surface area (TPSA) is 51.5 Å². The summed E-state index contributed by atoms with van der Waals surface area (Å²) in [5.74, 6) is 0.584. The molecule has 14 heavy (non-hydrogen) atoms. The van der Waals surface area contributed by atoms with Gasteiger partial charge in [0.15, 0.2) is 5.16 Å². The Balaban J connectivity index is 2.19. The number of aromatic nitrogens is 1. The van der Waals surface area contributed by atoms with Crippen molar-refractivity contribution in [3.05, 3.63) is 36.0 Å². The van der Waals surface area contributed by atoms with Crippen molar-refractivity contribution in [3.8, 4) is 0 Å². The number of hydrogen-bond donors (Lipinski definition) is 1. The van der Waals surface area contributed by atoms with E-state index in [1.165, 1.54) is 6.40 Å². The van der Waals surface area contributed by atoms with Crippen LogP contribution in [0.15, 0.2) is 35.3 Å². The number of aromatic amines is 1. The molecule has 2 heterocycles. The predicted molar refractivity (Wildman–Crippen MR) is 54.1 cm³/mol. The van der Waals surface area contributed by atoms with E-state index in [2.05, 4.69) is 20.0 Å². The van der Waals surface area contributed by atoms with Gasteiger partial charge in [0, 0.05) is 15.9 Å². The number of H-pyrrole nitrogens is 1. The lowest BCUT2D eigenvalue weighted by Gasteiger charge is -1.83. The van der Waals surface area contributed by atoms with Gasteiger partial charge in [-0.15, -0.1) is 0 Å². The summed E-state index contributed by atoms with van der Waals surface area (Å²) < 4.78 is 0. The maximum Gasteiger partial charge on any atom is 0.437 e. The van der Waals surface area contributed by atoms with E-state index in [-0.39, 0.29) is 0 Å². The second kappa shape index (κ2) is 2.70. The van der Waals surface area contributed by atoms with Crippen molar-refractivity contribution in [2.45, 2.75) is 0 Å². The van der Waals surface area contributed by atoms with Crippen LogP contribution in [-0.4, -0.2) is 17.2 Å². The Labute approximate surface area is 79.9 Å². The van der Waals surface area contributed by atoms with Gasteiger partial charge in [0.25, 0.3) is 0 Å². The molecule has 0 saturated carbocycles. The molecule has 2 aromatic rings. The van der Waals surface area contributed by atoms with E-state index in [9.17, 15) is 0 Å². The van der Waals surface area contributed by atoms with Crippen LogP contribution in [0.2, 0.25) is 0 Å². The molecule has 0 amide bonds. The molecule has 3 rings (SSSR count). The molecular formula is C10H7N3O+. The summed E-state index contributed by atoms with van der Waals surface area (Å²) in [7, 11) is 0. The van der Waals surface area contributed by atoms with Crippen molar-refractivity contribution < 1.29 is 4.84 Å². The second-order valence-electron chi connectivity index (χ2n) is 3.03. The zero-order valence-electron chi connectivity index (χ0n) is 7.27. The molecule has 1 N–H and O–H groups in total. The monoisotopic (exact) mass is 185 g/mol. The summed E-state index contributed by atoms with van der Waals surface area (Å²) in [5.41, 5.74) is 1.95. The van der Waals surface area contributed by atoms with Gasteiger partial charge in [0.05, 0.1) is 0 Å². The summed E-state index contributed by atoms with van der Waals surface area (Å²) in [5, 5.41) is 4.91. The van der Waals surface area contributed by atoms with Crippen molar-refractivity contribution in [1.29, 1.82) is 0 Å². The van der Waals surface area contributed by atoms with E-state index in [1.54, 1.807) is 0 Å². The number of nitrogens with one attached hydrogen (secondary N) is 1. The second-order valence-corrected chi connectivity index (χ2v) is 3.03. The van der Waals surface area contributed by atoms with Crippen molar-refractivity contribution in [3.63, 3.8) is 0 Å². The number of rotatable bonds is 1. The van der Waals surface area contributed by atoms with Gasteiger partial charge >= 0.3 is 12.2 Å². The van der Waals surface area contributed by atoms with Crippen molar-refractivity contribution >= 4 is 23.1 Å². The van der Waals surface area contributed by atoms with Gasteiger partial charge in [-0.2, -0.15) is 0 Å². The lowest BCUT2D eigenvalue weighted by atomic mass is 10.2. The van der Waals surface area contributed by atoms with Gasteiger partial charge in [-0.05, 0) is 12.1 Å². The van der Waals surface area contributed by atoms with Gasteiger partial charge in [-0.3, -0.25) is 0 Å². The standard InChI is InChI=1S/C10H7N3O/c1-2-4-8-7(3-1)5-9(12-8)10-11-6-14-13-10/h1-6,12H/q+1. The van der Waals surface area contributed by atoms with Gasteiger partial charge in [0.2, 0.25) is 0 Å². The van der Waals surface area contributed by atoms with Crippen LogP contribution < -0.4 is 5.16 Å². The number of aliphatic imine (C=N–C) groups is 1. The molecular weight excluding hydrogens is 178 g/mol. The van der Waals surface area contributed by atoms with Gasteiger partial charge in [-0.1, -0.05) is 18.2 Å². The fourth-order valence-corrected chi connectivity index (χ4v) is 1.48. The van der Waals surface area contributed by atoms with Gasteiger partial charge in [0.1, 0.15) is 5.69 Å². The molecule has 0 unspecified atom stereocenters. The Morgan fingerprint density at radius 2 is 2.21 bits per heavy atom. The van der Waals surface area contributed by atoms with E-state index in [4.69, 9.17) is 0 Å². The third-order valence-corrected chi connectivity index (χ3v) is 2.13. The van der Waals surface area contributed by atoms with E-state index < -0.39 is 0 Å². The minimum absolute atomic E-state index is 0.584. The highest BCUT2D eigenvalue weighted by molar-refractivity contribution is 6.04. The first-order chi connectivity index (χ1) is 6.93. The minimum Gasteiger partial charge on any atom is -0.348 e.